The largest absolute Gasteiger partial charge is 0.493 e. The zero-order valence-electron chi connectivity index (χ0n) is 11.9. The number of hydrogen-bond donors (Lipinski definition) is 0. The highest BCUT2D eigenvalue weighted by atomic mass is 16.5. The molecule has 0 bridgehead atoms. The highest BCUT2D eigenvalue weighted by molar-refractivity contribution is 5.53. The van der Waals surface area contributed by atoms with Gasteiger partial charge in [0.05, 0.1) is 27.4 Å². The predicted octanol–water partition coefficient (Wildman–Crippen LogP) is 3.70. The zero-order chi connectivity index (χ0) is 14.3. The molecule has 3 heteroatoms. The average molecular weight is 262 g/mol. The molecule has 0 heterocycles. The van der Waals surface area contributed by atoms with Crippen molar-refractivity contribution in [2.45, 2.75) is 19.4 Å². The van der Waals surface area contributed by atoms with Gasteiger partial charge in [0.25, 0.3) is 0 Å². The lowest BCUT2D eigenvalue weighted by Crippen LogP contribution is -2.05. The number of methoxy groups -OCH3 is 2. The van der Waals surface area contributed by atoms with Crippen molar-refractivity contribution in [1.29, 1.82) is 0 Å². The Morgan fingerprint density at radius 3 is 2.47 bits per heavy atom. The Labute approximate surface area is 115 Å². The molecule has 0 spiro atoms. The van der Waals surface area contributed by atoms with Crippen molar-refractivity contribution in [3.63, 3.8) is 0 Å². The van der Waals surface area contributed by atoms with Crippen LogP contribution in [-0.4, -0.2) is 20.8 Å². The third kappa shape index (κ3) is 3.61. The molecule has 3 nitrogen and oxygen atoms in total. The van der Waals surface area contributed by atoms with Gasteiger partial charge in [0.1, 0.15) is 0 Å². The van der Waals surface area contributed by atoms with E-state index in [0.29, 0.717) is 13.2 Å². The van der Waals surface area contributed by atoms with E-state index in [1.807, 2.05) is 18.2 Å². The molecule has 0 amide bonds. The molecule has 1 rings (SSSR count). The van der Waals surface area contributed by atoms with Gasteiger partial charge in [0.15, 0.2) is 11.5 Å². The van der Waals surface area contributed by atoms with Gasteiger partial charge < -0.3 is 14.2 Å². The van der Waals surface area contributed by atoms with Crippen molar-refractivity contribution in [2.75, 3.05) is 20.8 Å². The van der Waals surface area contributed by atoms with Gasteiger partial charge in [-0.15, -0.1) is 13.2 Å². The van der Waals surface area contributed by atoms with E-state index < -0.39 is 0 Å². The van der Waals surface area contributed by atoms with Crippen LogP contribution < -0.4 is 9.47 Å². The standard InChI is InChI=1S/C16H22O3/c1-6-10-19-11-13-8-9-14(17-4)16(18-5)15(13)12(3)7-2/h6-9,12H,1-2,10-11H2,3-5H3. The Balaban J connectivity index is 3.21. The second-order valence-corrected chi connectivity index (χ2v) is 4.20. The summed E-state index contributed by atoms with van der Waals surface area (Å²) in [7, 11) is 3.28. The number of hydrogen-bond acceptors (Lipinski definition) is 3. The zero-order valence-corrected chi connectivity index (χ0v) is 11.9. The van der Waals surface area contributed by atoms with Crippen LogP contribution in [0, 0.1) is 0 Å². The fraction of sp³-hybridized carbons (Fsp3) is 0.375. The molecule has 0 aromatic heterocycles. The number of allylic oxidation sites excluding steroid dienone is 1. The molecular formula is C16H22O3. The molecule has 19 heavy (non-hydrogen) atoms. The van der Waals surface area contributed by atoms with E-state index in [0.717, 1.165) is 22.6 Å². The normalized spacial score (nSPS) is 11.7. The number of benzene rings is 1. The third-order valence-electron chi connectivity index (χ3n) is 2.98. The summed E-state index contributed by atoms with van der Waals surface area (Å²) in [5, 5.41) is 0. The molecule has 0 saturated heterocycles. The van der Waals surface area contributed by atoms with Gasteiger partial charge in [-0.3, -0.25) is 0 Å². The summed E-state index contributed by atoms with van der Waals surface area (Å²) >= 11 is 0. The van der Waals surface area contributed by atoms with Crippen molar-refractivity contribution in [2.24, 2.45) is 0 Å². The maximum Gasteiger partial charge on any atom is 0.164 e. The Morgan fingerprint density at radius 1 is 1.21 bits per heavy atom. The maximum absolute atomic E-state index is 5.53. The van der Waals surface area contributed by atoms with Crippen LogP contribution in [-0.2, 0) is 11.3 Å². The van der Waals surface area contributed by atoms with Gasteiger partial charge >= 0.3 is 0 Å². The molecular weight excluding hydrogens is 240 g/mol. The van der Waals surface area contributed by atoms with Crippen molar-refractivity contribution in [1.82, 2.24) is 0 Å². The minimum absolute atomic E-state index is 0.160. The van der Waals surface area contributed by atoms with Crippen molar-refractivity contribution < 1.29 is 14.2 Å². The fourth-order valence-corrected chi connectivity index (χ4v) is 1.99. The lowest BCUT2D eigenvalue weighted by atomic mass is 9.94. The minimum Gasteiger partial charge on any atom is -0.493 e. The first-order valence-corrected chi connectivity index (χ1v) is 6.24. The molecule has 0 radical (unpaired) electrons. The molecule has 1 aromatic rings. The van der Waals surface area contributed by atoms with E-state index in [2.05, 4.69) is 20.1 Å². The van der Waals surface area contributed by atoms with Gasteiger partial charge in [0.2, 0.25) is 0 Å². The quantitative estimate of drug-likeness (QED) is 0.528. The van der Waals surface area contributed by atoms with Crippen LogP contribution >= 0.6 is 0 Å². The Kier molecular flexibility index (Phi) is 6.16. The maximum atomic E-state index is 5.53. The number of rotatable bonds is 8. The van der Waals surface area contributed by atoms with Gasteiger partial charge in [-0.25, -0.2) is 0 Å². The molecule has 0 aliphatic carbocycles. The lowest BCUT2D eigenvalue weighted by molar-refractivity contribution is 0.147. The summed E-state index contributed by atoms with van der Waals surface area (Å²) in [5.74, 6) is 1.63. The topological polar surface area (TPSA) is 27.7 Å². The molecule has 0 aliphatic rings. The first-order valence-electron chi connectivity index (χ1n) is 6.24. The predicted molar refractivity (Wildman–Crippen MR) is 78.0 cm³/mol. The monoisotopic (exact) mass is 262 g/mol. The summed E-state index contributed by atoms with van der Waals surface area (Å²) in [6.45, 7) is 10.6. The van der Waals surface area contributed by atoms with Crippen molar-refractivity contribution >= 4 is 0 Å². The first kappa shape index (κ1) is 15.3. The summed E-state index contributed by atoms with van der Waals surface area (Å²) in [6.07, 6.45) is 3.62. The van der Waals surface area contributed by atoms with Crippen LogP contribution in [0.1, 0.15) is 24.0 Å². The highest BCUT2D eigenvalue weighted by Crippen LogP contribution is 2.38. The van der Waals surface area contributed by atoms with Crippen LogP contribution in [0.3, 0.4) is 0 Å². The molecule has 0 N–H and O–H groups in total. The molecule has 0 fully saturated rings. The van der Waals surface area contributed by atoms with Crippen LogP contribution in [0.4, 0.5) is 0 Å². The second kappa shape index (κ2) is 7.64. The van der Waals surface area contributed by atoms with Crippen LogP contribution in [0.2, 0.25) is 0 Å². The third-order valence-corrected chi connectivity index (χ3v) is 2.98. The number of ether oxygens (including phenoxy) is 3. The molecule has 1 aromatic carbocycles. The molecule has 0 saturated carbocycles. The van der Waals surface area contributed by atoms with Gasteiger partial charge in [-0.2, -0.15) is 0 Å². The average Bonchev–Trinajstić information content (AvgIpc) is 2.45. The van der Waals surface area contributed by atoms with Crippen LogP contribution in [0.5, 0.6) is 11.5 Å². The van der Waals surface area contributed by atoms with E-state index in [-0.39, 0.29) is 5.92 Å². The van der Waals surface area contributed by atoms with E-state index >= 15 is 0 Å². The Bertz CT molecular complexity index is 438. The van der Waals surface area contributed by atoms with E-state index in [4.69, 9.17) is 14.2 Å². The summed E-state index contributed by atoms with van der Waals surface area (Å²) < 4.78 is 16.4. The van der Waals surface area contributed by atoms with E-state index in [1.54, 1.807) is 20.3 Å². The van der Waals surface area contributed by atoms with E-state index in [9.17, 15) is 0 Å². The highest BCUT2D eigenvalue weighted by Gasteiger charge is 2.18. The van der Waals surface area contributed by atoms with Gasteiger partial charge in [-0.05, 0) is 11.6 Å². The Hall–Kier alpha value is -1.74. The van der Waals surface area contributed by atoms with Crippen molar-refractivity contribution in [3.05, 3.63) is 48.6 Å². The lowest BCUT2D eigenvalue weighted by Gasteiger charge is -2.19. The van der Waals surface area contributed by atoms with Gasteiger partial charge in [0, 0.05) is 11.5 Å². The van der Waals surface area contributed by atoms with Crippen LogP contribution in [0.25, 0.3) is 0 Å². The van der Waals surface area contributed by atoms with Crippen LogP contribution in [0.15, 0.2) is 37.4 Å². The smallest absolute Gasteiger partial charge is 0.164 e. The summed E-state index contributed by atoms with van der Waals surface area (Å²) in [4.78, 5) is 0. The fourth-order valence-electron chi connectivity index (χ4n) is 1.99. The van der Waals surface area contributed by atoms with Gasteiger partial charge in [-0.1, -0.05) is 25.1 Å². The molecule has 104 valence electrons. The molecule has 1 atom stereocenters. The summed E-state index contributed by atoms with van der Waals surface area (Å²) in [6, 6.07) is 3.89. The molecule has 1 unspecified atom stereocenters. The Morgan fingerprint density at radius 2 is 1.95 bits per heavy atom. The van der Waals surface area contributed by atoms with Crippen molar-refractivity contribution in [3.8, 4) is 11.5 Å². The summed E-state index contributed by atoms with van der Waals surface area (Å²) in [5.41, 5.74) is 2.13. The van der Waals surface area contributed by atoms with E-state index in [1.165, 1.54) is 0 Å². The second-order valence-electron chi connectivity index (χ2n) is 4.20. The molecule has 0 aliphatic heterocycles. The first-order chi connectivity index (χ1) is 9.19. The minimum atomic E-state index is 0.160. The SMILES string of the molecule is C=CCOCc1ccc(OC)c(OC)c1C(C)C=C.